The molecule has 5 nitrogen and oxygen atoms in total. The number of para-hydroxylation sites is 1. The quantitative estimate of drug-likeness (QED) is 0.546. The molecule has 0 atom stereocenters. The van der Waals surface area contributed by atoms with Crippen molar-refractivity contribution in [3.8, 4) is 11.3 Å². The molecule has 0 saturated carbocycles. The molecule has 4 aromatic rings. The number of piperidine rings is 1. The van der Waals surface area contributed by atoms with Crippen molar-refractivity contribution in [1.82, 2.24) is 19.8 Å². The van der Waals surface area contributed by atoms with Gasteiger partial charge in [0.25, 0.3) is 0 Å². The minimum absolute atomic E-state index is 0.829. The molecule has 130 valence electrons. The molecule has 0 radical (unpaired) electrons. The van der Waals surface area contributed by atoms with E-state index in [4.69, 9.17) is 4.98 Å². The van der Waals surface area contributed by atoms with Crippen LogP contribution in [0.25, 0.3) is 27.8 Å². The number of hydrogen-bond donors (Lipinski definition) is 0. The van der Waals surface area contributed by atoms with Crippen LogP contribution in [-0.2, 0) is 0 Å². The number of aromatic nitrogens is 4. The van der Waals surface area contributed by atoms with Gasteiger partial charge >= 0.3 is 0 Å². The van der Waals surface area contributed by atoms with Crippen LogP contribution in [0.4, 0.5) is 5.82 Å². The average Bonchev–Trinajstić information content (AvgIpc) is 3.12. The van der Waals surface area contributed by atoms with Crippen molar-refractivity contribution in [3.05, 3.63) is 54.1 Å². The largest absolute Gasteiger partial charge is 0.356 e. The maximum atomic E-state index is 5.06. The second-order valence-corrected chi connectivity index (χ2v) is 7.04. The van der Waals surface area contributed by atoms with E-state index in [0.29, 0.717) is 0 Å². The third kappa shape index (κ3) is 2.43. The van der Waals surface area contributed by atoms with E-state index in [1.165, 1.54) is 24.8 Å². The number of fused-ring (bicyclic) bond motifs is 3. The second kappa shape index (κ2) is 6.09. The lowest BCUT2D eigenvalue weighted by Gasteiger charge is -2.28. The van der Waals surface area contributed by atoms with Crippen LogP contribution in [0.3, 0.4) is 0 Å². The van der Waals surface area contributed by atoms with Crippen LogP contribution in [0.1, 0.15) is 24.8 Å². The molecule has 1 aliphatic rings. The molecule has 5 rings (SSSR count). The molecule has 1 saturated heterocycles. The number of rotatable bonds is 2. The molecule has 1 aliphatic heterocycles. The van der Waals surface area contributed by atoms with Gasteiger partial charge in [0.2, 0.25) is 0 Å². The maximum absolute atomic E-state index is 5.06. The molecular weight excluding hydrogens is 322 g/mol. The number of hydrogen-bond acceptors (Lipinski definition) is 4. The topological polar surface area (TPSA) is 46.3 Å². The summed E-state index contributed by atoms with van der Waals surface area (Å²) in [5, 5.41) is 10.0. The van der Waals surface area contributed by atoms with Gasteiger partial charge in [0.15, 0.2) is 5.65 Å². The van der Waals surface area contributed by atoms with Crippen LogP contribution in [0.15, 0.2) is 48.5 Å². The summed E-state index contributed by atoms with van der Waals surface area (Å²) in [4.78, 5) is 7.47. The molecular formula is C21H21N5. The van der Waals surface area contributed by atoms with Gasteiger partial charge in [-0.1, -0.05) is 41.1 Å². The Morgan fingerprint density at radius 3 is 2.62 bits per heavy atom. The fraction of sp³-hybridized carbons (Fsp3) is 0.286. The zero-order valence-electron chi connectivity index (χ0n) is 14.9. The van der Waals surface area contributed by atoms with Gasteiger partial charge in [0.1, 0.15) is 11.5 Å². The first-order valence-corrected chi connectivity index (χ1v) is 9.27. The van der Waals surface area contributed by atoms with E-state index >= 15 is 0 Å². The smallest absolute Gasteiger partial charge is 0.186 e. The molecule has 26 heavy (non-hydrogen) atoms. The molecule has 1 fully saturated rings. The summed E-state index contributed by atoms with van der Waals surface area (Å²) in [6.07, 6.45) is 3.76. The highest BCUT2D eigenvalue weighted by molar-refractivity contribution is 5.93. The normalized spacial score (nSPS) is 15.0. The van der Waals surface area contributed by atoms with Gasteiger partial charge in [-0.05, 0) is 44.4 Å². The van der Waals surface area contributed by atoms with Crippen molar-refractivity contribution < 1.29 is 0 Å². The molecule has 0 amide bonds. The first kappa shape index (κ1) is 15.3. The Hall–Kier alpha value is -2.95. The third-order valence-electron chi connectivity index (χ3n) is 5.18. The Morgan fingerprint density at radius 2 is 1.77 bits per heavy atom. The summed E-state index contributed by atoms with van der Waals surface area (Å²) in [6, 6.07) is 16.7. The van der Waals surface area contributed by atoms with Crippen molar-refractivity contribution in [1.29, 1.82) is 0 Å². The lowest BCUT2D eigenvalue weighted by atomic mass is 10.1. The van der Waals surface area contributed by atoms with Gasteiger partial charge in [-0.25, -0.2) is 4.98 Å². The van der Waals surface area contributed by atoms with Crippen molar-refractivity contribution in [3.63, 3.8) is 0 Å². The third-order valence-corrected chi connectivity index (χ3v) is 5.18. The number of aryl methyl sites for hydroxylation is 1. The van der Waals surface area contributed by atoms with Gasteiger partial charge in [0.05, 0.1) is 5.52 Å². The molecule has 0 bridgehead atoms. The number of benzene rings is 2. The number of nitrogens with zero attached hydrogens (tertiary/aromatic N) is 5. The summed E-state index contributed by atoms with van der Waals surface area (Å²) in [5.74, 6) is 1.06. The molecule has 2 aromatic heterocycles. The minimum atomic E-state index is 0.829. The Bertz CT molecular complexity index is 1090. The summed E-state index contributed by atoms with van der Waals surface area (Å²) >= 11 is 0. The van der Waals surface area contributed by atoms with E-state index in [1.54, 1.807) is 0 Å². The van der Waals surface area contributed by atoms with E-state index < -0.39 is 0 Å². The van der Waals surface area contributed by atoms with Crippen LogP contribution < -0.4 is 4.90 Å². The van der Waals surface area contributed by atoms with Crippen LogP contribution in [0.2, 0.25) is 0 Å². The highest BCUT2D eigenvalue weighted by Crippen LogP contribution is 2.31. The lowest BCUT2D eigenvalue weighted by Crippen LogP contribution is -2.30. The minimum Gasteiger partial charge on any atom is -0.356 e. The Morgan fingerprint density at radius 1 is 0.923 bits per heavy atom. The van der Waals surface area contributed by atoms with Crippen molar-refractivity contribution >= 4 is 22.4 Å². The lowest BCUT2D eigenvalue weighted by molar-refractivity contribution is 0.575. The molecule has 5 heteroatoms. The first-order valence-electron chi connectivity index (χ1n) is 9.27. The van der Waals surface area contributed by atoms with E-state index in [-0.39, 0.29) is 0 Å². The van der Waals surface area contributed by atoms with E-state index in [1.807, 2.05) is 4.52 Å². The van der Waals surface area contributed by atoms with Crippen molar-refractivity contribution in [2.45, 2.75) is 26.2 Å². The molecule has 2 aromatic carbocycles. The van der Waals surface area contributed by atoms with Crippen molar-refractivity contribution in [2.75, 3.05) is 18.0 Å². The second-order valence-electron chi connectivity index (χ2n) is 7.04. The number of anilines is 1. The van der Waals surface area contributed by atoms with Gasteiger partial charge < -0.3 is 4.90 Å². The average molecular weight is 343 g/mol. The van der Waals surface area contributed by atoms with Gasteiger partial charge in [-0.15, -0.1) is 5.10 Å². The molecule has 0 N–H and O–H groups in total. The van der Waals surface area contributed by atoms with Crippen LogP contribution in [0, 0.1) is 6.92 Å². The van der Waals surface area contributed by atoms with Crippen LogP contribution >= 0.6 is 0 Å². The highest BCUT2D eigenvalue weighted by atomic mass is 15.4. The predicted molar refractivity (Wildman–Crippen MR) is 105 cm³/mol. The van der Waals surface area contributed by atoms with Gasteiger partial charge in [-0.2, -0.15) is 4.52 Å². The summed E-state index contributed by atoms with van der Waals surface area (Å²) < 4.78 is 1.88. The standard InChI is InChI=1S/C21H21N5/c1-15-8-7-9-16(14-15)19-21-22-20(25-12-5-2-6-13-25)17-10-3-4-11-18(17)26(21)24-23-19/h3-4,7-11,14H,2,5-6,12-13H2,1H3. The highest BCUT2D eigenvalue weighted by Gasteiger charge is 2.20. The molecule has 0 unspecified atom stereocenters. The monoisotopic (exact) mass is 343 g/mol. The molecule has 0 aliphatic carbocycles. The molecule has 3 heterocycles. The van der Waals surface area contributed by atoms with E-state index in [2.05, 4.69) is 70.7 Å². The Balaban J connectivity index is 1.79. The summed E-state index contributed by atoms with van der Waals surface area (Å²) in [5.41, 5.74) is 5.00. The van der Waals surface area contributed by atoms with Gasteiger partial charge in [-0.3, -0.25) is 0 Å². The Labute approximate surface area is 152 Å². The fourth-order valence-electron chi connectivity index (χ4n) is 3.87. The Kier molecular flexibility index (Phi) is 3.59. The zero-order valence-corrected chi connectivity index (χ0v) is 14.9. The zero-order chi connectivity index (χ0) is 17.5. The molecule has 0 spiro atoms. The first-order chi connectivity index (χ1) is 12.8. The van der Waals surface area contributed by atoms with E-state index in [9.17, 15) is 0 Å². The summed E-state index contributed by atoms with van der Waals surface area (Å²) in [7, 11) is 0. The SMILES string of the molecule is Cc1cccc(-c2nnn3c2nc(N2CCCCC2)c2ccccc23)c1. The fourth-order valence-corrected chi connectivity index (χ4v) is 3.87. The maximum Gasteiger partial charge on any atom is 0.186 e. The van der Waals surface area contributed by atoms with Gasteiger partial charge in [0, 0.05) is 24.0 Å². The van der Waals surface area contributed by atoms with Crippen LogP contribution in [-0.4, -0.2) is 32.9 Å². The van der Waals surface area contributed by atoms with Crippen LogP contribution in [0.5, 0.6) is 0 Å². The predicted octanol–water partition coefficient (Wildman–Crippen LogP) is 4.24. The summed E-state index contributed by atoms with van der Waals surface area (Å²) in [6.45, 7) is 4.22. The van der Waals surface area contributed by atoms with Crippen molar-refractivity contribution in [2.24, 2.45) is 0 Å². The van der Waals surface area contributed by atoms with E-state index in [0.717, 1.165) is 46.7 Å².